The molecule has 1 aliphatic heterocycles. The maximum atomic E-state index is 14.1. The number of aliphatic carboxylic acids is 1. The molecule has 0 aromatic heterocycles. The topological polar surface area (TPSA) is 104 Å². The molecule has 0 spiro atoms. The highest BCUT2D eigenvalue weighted by Crippen LogP contribution is 2.28. The number of para-hydroxylation sites is 1. The maximum absolute atomic E-state index is 14.1. The van der Waals surface area contributed by atoms with Crippen LogP contribution in [0.1, 0.15) is 23.7 Å². The van der Waals surface area contributed by atoms with Crippen LogP contribution in [-0.2, 0) is 14.8 Å². The van der Waals surface area contributed by atoms with Crippen LogP contribution in [0.2, 0.25) is 0 Å². The number of carboxylic acids is 1. The lowest BCUT2D eigenvalue weighted by Crippen LogP contribution is -2.39. The fraction of sp³-hybridized carbons (Fsp3) is 0.429. The molecule has 0 bridgehead atoms. The molecular weight excluding hydrogens is 327 g/mol. The maximum Gasteiger partial charge on any atom is 0.343 e. The second-order valence-corrected chi connectivity index (χ2v) is 7.31. The second-order valence-electron chi connectivity index (χ2n) is 5.30. The number of amides is 1. The van der Waals surface area contributed by atoms with E-state index in [9.17, 15) is 22.4 Å². The van der Waals surface area contributed by atoms with Gasteiger partial charge in [-0.25, -0.2) is 17.6 Å². The number of hydrogen-bond acceptors (Lipinski definition) is 4. The van der Waals surface area contributed by atoms with Crippen molar-refractivity contribution in [3.63, 3.8) is 0 Å². The molecule has 23 heavy (non-hydrogen) atoms. The van der Waals surface area contributed by atoms with Crippen molar-refractivity contribution >= 4 is 27.6 Å². The van der Waals surface area contributed by atoms with Gasteiger partial charge in [0.2, 0.25) is 15.7 Å². The van der Waals surface area contributed by atoms with Crippen LogP contribution >= 0.6 is 0 Å². The molecule has 9 heteroatoms. The van der Waals surface area contributed by atoms with E-state index in [4.69, 9.17) is 5.11 Å². The van der Waals surface area contributed by atoms with Crippen molar-refractivity contribution in [2.24, 2.45) is 0 Å². The number of nitrogens with one attached hydrogen (secondary N) is 1. The highest BCUT2D eigenvalue weighted by Gasteiger charge is 2.47. The number of sulfonamides is 1. The van der Waals surface area contributed by atoms with Crippen LogP contribution in [0.15, 0.2) is 24.3 Å². The first-order chi connectivity index (χ1) is 10.7. The number of likely N-dealkylation sites (tertiary alicyclic amines) is 1. The minimum Gasteiger partial charge on any atom is -0.479 e. The van der Waals surface area contributed by atoms with Crippen molar-refractivity contribution in [3.05, 3.63) is 29.8 Å². The third-order valence-electron chi connectivity index (χ3n) is 3.69. The minimum atomic E-state index is -3.58. The van der Waals surface area contributed by atoms with E-state index in [2.05, 4.69) is 4.72 Å². The molecule has 1 heterocycles. The van der Waals surface area contributed by atoms with E-state index in [1.54, 1.807) is 12.1 Å². The van der Waals surface area contributed by atoms with Crippen molar-refractivity contribution in [1.82, 2.24) is 4.90 Å². The monoisotopic (exact) mass is 344 g/mol. The summed E-state index contributed by atoms with van der Waals surface area (Å²) in [5.41, 5.74) is -2.32. The van der Waals surface area contributed by atoms with E-state index >= 15 is 0 Å². The summed E-state index contributed by atoms with van der Waals surface area (Å²) in [6.45, 7) is 0.851. The van der Waals surface area contributed by atoms with Gasteiger partial charge in [-0.05, 0) is 19.1 Å². The highest BCUT2D eigenvalue weighted by atomic mass is 32.2. The summed E-state index contributed by atoms with van der Waals surface area (Å²) in [5, 5.41) is 8.88. The predicted molar refractivity (Wildman–Crippen MR) is 81.5 cm³/mol. The van der Waals surface area contributed by atoms with Crippen molar-refractivity contribution in [2.45, 2.75) is 19.0 Å². The lowest BCUT2D eigenvalue weighted by Gasteiger charge is -2.19. The normalized spacial score (nSPS) is 21.2. The van der Waals surface area contributed by atoms with E-state index < -0.39 is 34.1 Å². The molecule has 1 atom stereocenters. The smallest absolute Gasteiger partial charge is 0.343 e. The van der Waals surface area contributed by atoms with E-state index in [1.165, 1.54) is 19.1 Å². The minimum absolute atomic E-state index is 0.0451. The first-order valence-corrected chi connectivity index (χ1v) is 8.65. The number of hydrogen-bond donors (Lipinski definition) is 2. The zero-order valence-corrected chi connectivity index (χ0v) is 13.3. The Morgan fingerprint density at radius 1 is 1.39 bits per heavy atom. The number of carbonyl (C=O) groups is 2. The van der Waals surface area contributed by atoms with Crippen molar-refractivity contribution in [3.8, 4) is 0 Å². The Morgan fingerprint density at radius 3 is 2.61 bits per heavy atom. The Kier molecular flexibility index (Phi) is 4.60. The Morgan fingerprint density at radius 2 is 2.04 bits per heavy atom. The number of alkyl halides is 1. The highest BCUT2D eigenvalue weighted by molar-refractivity contribution is 7.92. The predicted octanol–water partition coefficient (Wildman–Crippen LogP) is 1.09. The Bertz CT molecular complexity index is 736. The summed E-state index contributed by atoms with van der Waals surface area (Å²) in [6.07, 6.45) is -0.295. The molecule has 126 valence electrons. The molecule has 1 aromatic carbocycles. The summed E-state index contributed by atoms with van der Waals surface area (Å²) in [7, 11) is -3.58. The van der Waals surface area contributed by atoms with Crippen LogP contribution in [0, 0.1) is 0 Å². The standard InChI is InChI=1S/C14H17FN2O5S/c1-2-23(21,22)16-11-6-4-3-5-10(11)12(18)17-8-7-14(15,9-17)13(19)20/h3-6,16H,2,7-9H2,1H3,(H,19,20). The molecule has 1 amide bonds. The zero-order valence-electron chi connectivity index (χ0n) is 12.5. The average molecular weight is 344 g/mol. The third-order valence-corrected chi connectivity index (χ3v) is 4.98. The summed E-state index contributed by atoms with van der Waals surface area (Å²) < 4.78 is 39.7. The Balaban J connectivity index is 2.26. The summed E-state index contributed by atoms with van der Waals surface area (Å²) in [4.78, 5) is 24.5. The summed E-state index contributed by atoms with van der Waals surface area (Å²) >= 11 is 0. The largest absolute Gasteiger partial charge is 0.479 e. The average Bonchev–Trinajstić information content (AvgIpc) is 2.91. The van der Waals surface area contributed by atoms with Crippen LogP contribution in [0.5, 0.6) is 0 Å². The lowest BCUT2D eigenvalue weighted by molar-refractivity contribution is -0.149. The quantitative estimate of drug-likeness (QED) is 0.832. The summed E-state index contributed by atoms with van der Waals surface area (Å²) in [5.74, 6) is -2.38. The number of benzene rings is 1. The van der Waals surface area contributed by atoms with Gasteiger partial charge < -0.3 is 10.0 Å². The van der Waals surface area contributed by atoms with Gasteiger partial charge in [-0.3, -0.25) is 9.52 Å². The van der Waals surface area contributed by atoms with Gasteiger partial charge in [-0.15, -0.1) is 0 Å². The Hall–Kier alpha value is -2.16. The molecule has 2 rings (SSSR count). The van der Waals surface area contributed by atoms with Crippen LogP contribution in [0.25, 0.3) is 0 Å². The SMILES string of the molecule is CCS(=O)(=O)Nc1ccccc1C(=O)N1CCC(F)(C(=O)O)C1. The zero-order chi connectivity index (χ0) is 17.3. The molecule has 0 saturated carbocycles. The number of carbonyl (C=O) groups excluding carboxylic acids is 1. The molecule has 0 aliphatic carbocycles. The van der Waals surface area contributed by atoms with Crippen LogP contribution in [0.3, 0.4) is 0 Å². The fourth-order valence-corrected chi connectivity index (χ4v) is 2.95. The molecule has 1 unspecified atom stereocenters. The molecular formula is C14H17FN2O5S. The van der Waals surface area contributed by atoms with Crippen molar-refractivity contribution < 1.29 is 27.5 Å². The van der Waals surface area contributed by atoms with Gasteiger partial charge >= 0.3 is 5.97 Å². The molecule has 1 aromatic rings. The van der Waals surface area contributed by atoms with Gasteiger partial charge in [0.1, 0.15) is 0 Å². The first kappa shape index (κ1) is 17.2. The number of halogens is 1. The Labute approximate surface area is 133 Å². The van der Waals surface area contributed by atoms with Crippen LogP contribution in [0.4, 0.5) is 10.1 Å². The van der Waals surface area contributed by atoms with Crippen LogP contribution in [-0.4, -0.2) is 54.8 Å². The van der Waals surface area contributed by atoms with E-state index in [0.717, 1.165) is 4.90 Å². The van der Waals surface area contributed by atoms with E-state index in [0.29, 0.717) is 0 Å². The number of anilines is 1. The van der Waals surface area contributed by atoms with Gasteiger partial charge in [0.25, 0.3) is 5.91 Å². The molecule has 0 radical (unpaired) electrons. The summed E-state index contributed by atoms with van der Waals surface area (Å²) in [6, 6.07) is 5.95. The first-order valence-electron chi connectivity index (χ1n) is 6.99. The fourth-order valence-electron chi connectivity index (χ4n) is 2.29. The second kappa shape index (κ2) is 6.15. The van der Waals surface area contributed by atoms with Gasteiger partial charge in [0, 0.05) is 13.0 Å². The lowest BCUT2D eigenvalue weighted by atomic mass is 10.1. The van der Waals surface area contributed by atoms with Crippen molar-refractivity contribution in [1.29, 1.82) is 0 Å². The van der Waals surface area contributed by atoms with Crippen LogP contribution < -0.4 is 4.72 Å². The van der Waals surface area contributed by atoms with E-state index in [1.807, 2.05) is 0 Å². The third kappa shape index (κ3) is 3.61. The van der Waals surface area contributed by atoms with Gasteiger partial charge in [-0.2, -0.15) is 0 Å². The number of nitrogens with zero attached hydrogens (tertiary/aromatic N) is 1. The van der Waals surface area contributed by atoms with Gasteiger partial charge in [0.05, 0.1) is 23.5 Å². The molecule has 2 N–H and O–H groups in total. The molecule has 7 nitrogen and oxygen atoms in total. The van der Waals surface area contributed by atoms with E-state index in [-0.39, 0.29) is 30.0 Å². The molecule has 1 aliphatic rings. The number of carboxylic acid groups (broad SMARTS) is 1. The van der Waals surface area contributed by atoms with Gasteiger partial charge in [0.15, 0.2) is 0 Å². The van der Waals surface area contributed by atoms with Gasteiger partial charge in [-0.1, -0.05) is 12.1 Å². The molecule has 1 saturated heterocycles. The number of rotatable bonds is 5. The van der Waals surface area contributed by atoms with Crippen molar-refractivity contribution in [2.75, 3.05) is 23.6 Å². The molecule has 1 fully saturated rings.